The number of aromatic nitrogens is 1. The number of rotatable bonds is 5. The van der Waals surface area contributed by atoms with Crippen molar-refractivity contribution in [2.75, 3.05) is 38.0 Å². The number of hydrogen-bond acceptors (Lipinski definition) is 5. The van der Waals surface area contributed by atoms with Crippen molar-refractivity contribution in [3.05, 3.63) is 47.3 Å². The molecule has 1 aromatic heterocycles. The molecule has 0 radical (unpaired) electrons. The van der Waals surface area contributed by atoms with Gasteiger partial charge >= 0.3 is 6.18 Å². The number of carbonyl (C=O) groups is 1. The van der Waals surface area contributed by atoms with Crippen LogP contribution >= 0.6 is 0 Å². The average Bonchev–Trinajstić information content (AvgIpc) is 3.01. The quantitative estimate of drug-likeness (QED) is 0.862. The molecule has 2 aromatic rings. The molecule has 0 atom stereocenters. The van der Waals surface area contributed by atoms with Crippen LogP contribution in [0.25, 0.3) is 0 Å². The minimum atomic E-state index is -4.50. The van der Waals surface area contributed by atoms with Crippen LogP contribution in [0.3, 0.4) is 0 Å². The number of carbonyl (C=O) groups excluding carboxylic acids is 1. The lowest BCUT2D eigenvalue weighted by molar-refractivity contribution is -0.137. The number of alkyl halides is 3. The summed E-state index contributed by atoms with van der Waals surface area (Å²) in [5.41, 5.74) is -0.191. The van der Waals surface area contributed by atoms with E-state index in [0.717, 1.165) is 30.6 Å². The Bertz CT molecular complexity index is 783. The highest BCUT2D eigenvalue weighted by Crippen LogP contribution is 2.34. The first kappa shape index (κ1) is 19.4. The fourth-order valence-corrected chi connectivity index (χ4v) is 3.06. The fraction of sp³-hybridized carbons (Fsp3) is 0.444. The van der Waals surface area contributed by atoms with Crippen LogP contribution in [0.15, 0.2) is 34.9 Å². The van der Waals surface area contributed by atoms with E-state index in [1.165, 1.54) is 18.2 Å². The number of aryl methyl sites for hydroxylation is 1. The molecule has 1 N–H and O–H groups in total. The van der Waals surface area contributed by atoms with Crippen LogP contribution in [0.5, 0.6) is 0 Å². The summed E-state index contributed by atoms with van der Waals surface area (Å²) in [6.07, 6.45) is -4.50. The standard InChI is InChI=1S/C18H21F3N4O2/c1-13-10-14(23-27-13)11-24-6-8-25(9-7-24)12-17(26)22-16-5-3-2-4-15(16)18(19,20)21/h2-5,10H,6-9,11-12H2,1H3,(H,22,26). The number of nitrogens with zero attached hydrogens (tertiary/aromatic N) is 3. The van der Waals surface area contributed by atoms with Gasteiger partial charge in [-0.1, -0.05) is 17.3 Å². The maximum Gasteiger partial charge on any atom is 0.418 e. The van der Waals surface area contributed by atoms with Crippen molar-refractivity contribution in [2.24, 2.45) is 0 Å². The number of benzene rings is 1. The Balaban J connectivity index is 1.49. The maximum atomic E-state index is 13.0. The van der Waals surface area contributed by atoms with Gasteiger partial charge in [0, 0.05) is 38.8 Å². The summed E-state index contributed by atoms with van der Waals surface area (Å²) in [5.74, 6) is 0.312. The zero-order chi connectivity index (χ0) is 19.4. The number of anilines is 1. The molecule has 27 heavy (non-hydrogen) atoms. The molecule has 1 aliphatic rings. The van der Waals surface area contributed by atoms with E-state index < -0.39 is 17.6 Å². The molecule has 1 aromatic carbocycles. The highest BCUT2D eigenvalue weighted by molar-refractivity contribution is 5.93. The van der Waals surface area contributed by atoms with E-state index in [-0.39, 0.29) is 12.2 Å². The summed E-state index contributed by atoms with van der Waals surface area (Å²) < 4.78 is 44.1. The molecule has 0 saturated carbocycles. The average molecular weight is 382 g/mol. The minimum absolute atomic E-state index is 0.0586. The summed E-state index contributed by atoms with van der Waals surface area (Å²) in [6, 6.07) is 6.87. The van der Waals surface area contributed by atoms with Crippen LogP contribution in [0, 0.1) is 6.92 Å². The van der Waals surface area contributed by atoms with E-state index in [4.69, 9.17) is 4.52 Å². The van der Waals surface area contributed by atoms with E-state index in [2.05, 4.69) is 15.4 Å². The SMILES string of the molecule is Cc1cc(CN2CCN(CC(=O)Nc3ccccc3C(F)(F)F)CC2)no1. The highest BCUT2D eigenvalue weighted by Gasteiger charge is 2.33. The lowest BCUT2D eigenvalue weighted by Gasteiger charge is -2.33. The van der Waals surface area contributed by atoms with Gasteiger partial charge in [-0.05, 0) is 19.1 Å². The molecule has 1 aliphatic heterocycles. The van der Waals surface area contributed by atoms with Gasteiger partial charge in [0.1, 0.15) is 5.76 Å². The first-order chi connectivity index (χ1) is 12.8. The summed E-state index contributed by atoms with van der Waals surface area (Å²) in [4.78, 5) is 16.3. The highest BCUT2D eigenvalue weighted by atomic mass is 19.4. The number of halogens is 3. The second-order valence-electron chi connectivity index (χ2n) is 6.57. The Kier molecular flexibility index (Phi) is 5.81. The van der Waals surface area contributed by atoms with E-state index in [0.29, 0.717) is 19.6 Å². The molecule has 1 fully saturated rings. The van der Waals surface area contributed by atoms with Crippen molar-refractivity contribution in [3.63, 3.8) is 0 Å². The van der Waals surface area contributed by atoms with Crippen LogP contribution in [0.4, 0.5) is 18.9 Å². The topological polar surface area (TPSA) is 61.6 Å². The third-order valence-corrected chi connectivity index (χ3v) is 4.40. The third kappa shape index (κ3) is 5.30. The van der Waals surface area contributed by atoms with Crippen molar-refractivity contribution < 1.29 is 22.5 Å². The number of nitrogens with one attached hydrogen (secondary N) is 1. The molecular formula is C18H21F3N4O2. The van der Waals surface area contributed by atoms with Crippen molar-refractivity contribution in [1.82, 2.24) is 15.0 Å². The number of amides is 1. The van der Waals surface area contributed by atoms with Crippen LogP contribution in [-0.2, 0) is 17.5 Å². The maximum absolute atomic E-state index is 13.0. The Morgan fingerprint density at radius 1 is 1.19 bits per heavy atom. The van der Waals surface area contributed by atoms with Gasteiger partial charge in [-0.25, -0.2) is 0 Å². The number of hydrogen-bond donors (Lipinski definition) is 1. The first-order valence-electron chi connectivity index (χ1n) is 8.64. The smallest absolute Gasteiger partial charge is 0.361 e. The molecule has 6 nitrogen and oxygen atoms in total. The molecule has 0 bridgehead atoms. The molecular weight excluding hydrogens is 361 g/mol. The van der Waals surface area contributed by atoms with E-state index >= 15 is 0 Å². The van der Waals surface area contributed by atoms with Crippen molar-refractivity contribution in [1.29, 1.82) is 0 Å². The van der Waals surface area contributed by atoms with Gasteiger partial charge in [-0.15, -0.1) is 0 Å². The van der Waals surface area contributed by atoms with Gasteiger partial charge in [0.05, 0.1) is 23.5 Å². The second-order valence-corrected chi connectivity index (χ2v) is 6.57. The third-order valence-electron chi connectivity index (χ3n) is 4.40. The molecule has 1 saturated heterocycles. The van der Waals surface area contributed by atoms with Gasteiger partial charge in [0.2, 0.25) is 5.91 Å². The van der Waals surface area contributed by atoms with Gasteiger partial charge in [-0.2, -0.15) is 13.2 Å². The Morgan fingerprint density at radius 2 is 1.85 bits per heavy atom. The zero-order valence-electron chi connectivity index (χ0n) is 14.9. The molecule has 0 spiro atoms. The van der Waals surface area contributed by atoms with Gasteiger partial charge in [0.25, 0.3) is 0 Å². The van der Waals surface area contributed by atoms with Crippen molar-refractivity contribution >= 4 is 11.6 Å². The lowest BCUT2D eigenvalue weighted by atomic mass is 10.1. The first-order valence-corrected chi connectivity index (χ1v) is 8.64. The van der Waals surface area contributed by atoms with Gasteiger partial charge in [0.15, 0.2) is 0 Å². The van der Waals surface area contributed by atoms with Crippen LogP contribution < -0.4 is 5.32 Å². The predicted molar refractivity (Wildman–Crippen MR) is 93.0 cm³/mol. The van der Waals surface area contributed by atoms with Crippen LogP contribution in [0.2, 0.25) is 0 Å². The summed E-state index contributed by atoms with van der Waals surface area (Å²) in [6.45, 7) is 5.39. The summed E-state index contributed by atoms with van der Waals surface area (Å²) in [7, 11) is 0. The molecule has 1 amide bonds. The molecule has 9 heteroatoms. The molecule has 2 heterocycles. The fourth-order valence-electron chi connectivity index (χ4n) is 3.06. The molecule has 3 rings (SSSR count). The monoisotopic (exact) mass is 382 g/mol. The molecule has 0 aliphatic carbocycles. The predicted octanol–water partition coefficient (Wildman–Crippen LogP) is 2.76. The van der Waals surface area contributed by atoms with E-state index in [1.807, 2.05) is 17.9 Å². The van der Waals surface area contributed by atoms with Gasteiger partial charge < -0.3 is 9.84 Å². The Labute approximate surface area is 154 Å². The Hall–Kier alpha value is -2.39. The summed E-state index contributed by atoms with van der Waals surface area (Å²) >= 11 is 0. The lowest BCUT2D eigenvalue weighted by Crippen LogP contribution is -2.48. The van der Waals surface area contributed by atoms with Crippen molar-refractivity contribution in [2.45, 2.75) is 19.6 Å². The van der Waals surface area contributed by atoms with E-state index in [1.54, 1.807) is 0 Å². The second kappa shape index (κ2) is 8.10. The van der Waals surface area contributed by atoms with Crippen LogP contribution in [0.1, 0.15) is 17.0 Å². The van der Waals surface area contributed by atoms with Crippen molar-refractivity contribution in [3.8, 4) is 0 Å². The summed E-state index contributed by atoms with van der Waals surface area (Å²) in [5, 5.41) is 6.35. The van der Waals surface area contributed by atoms with Gasteiger partial charge in [-0.3, -0.25) is 14.6 Å². The van der Waals surface area contributed by atoms with Crippen LogP contribution in [-0.4, -0.2) is 53.6 Å². The zero-order valence-corrected chi connectivity index (χ0v) is 14.9. The number of para-hydroxylation sites is 1. The van der Waals surface area contributed by atoms with E-state index in [9.17, 15) is 18.0 Å². The molecule has 0 unspecified atom stereocenters. The minimum Gasteiger partial charge on any atom is -0.361 e. The normalized spacial score (nSPS) is 16.4. The number of piperazine rings is 1. The molecule has 146 valence electrons. The largest absolute Gasteiger partial charge is 0.418 e. The Morgan fingerprint density at radius 3 is 2.48 bits per heavy atom.